The first-order valence-electron chi connectivity index (χ1n) is 6.21. The highest BCUT2D eigenvalue weighted by Crippen LogP contribution is 2.14. The quantitative estimate of drug-likeness (QED) is 0.845. The number of hydrogen-bond donors (Lipinski definition) is 0. The maximum absolute atomic E-state index is 12.1. The van der Waals surface area contributed by atoms with Gasteiger partial charge in [-0.3, -0.25) is 4.79 Å². The Balaban J connectivity index is 1.82. The van der Waals surface area contributed by atoms with Gasteiger partial charge in [0, 0.05) is 18.1 Å². The van der Waals surface area contributed by atoms with Gasteiger partial charge in [-0.15, -0.1) is 5.10 Å². The monoisotopic (exact) mass is 276 g/mol. The van der Waals surface area contributed by atoms with Crippen molar-refractivity contribution in [1.82, 2.24) is 19.7 Å². The van der Waals surface area contributed by atoms with Gasteiger partial charge in [0.15, 0.2) is 0 Å². The second-order valence-electron chi connectivity index (χ2n) is 4.49. The molecule has 2 heterocycles. The first kappa shape index (κ1) is 12.2. The molecule has 6 heteroatoms. The Hall–Kier alpha value is -1.88. The lowest BCUT2D eigenvalue weighted by Crippen LogP contribution is -2.28. The summed E-state index contributed by atoms with van der Waals surface area (Å²) in [5.74, 6) is 0.155. The summed E-state index contributed by atoms with van der Waals surface area (Å²) >= 11 is 5.83. The molecule has 0 unspecified atom stereocenters. The highest BCUT2D eigenvalue weighted by atomic mass is 35.5. The Labute approximate surface area is 115 Å². The molecular weight excluding hydrogens is 264 g/mol. The van der Waals surface area contributed by atoms with Crippen LogP contribution in [0.4, 0.5) is 0 Å². The van der Waals surface area contributed by atoms with Gasteiger partial charge in [-0.25, -0.2) is 9.67 Å². The van der Waals surface area contributed by atoms with Crippen LogP contribution in [-0.2, 0) is 0 Å². The zero-order valence-electron chi connectivity index (χ0n) is 10.3. The van der Waals surface area contributed by atoms with Gasteiger partial charge in [0.25, 0.3) is 5.91 Å². The number of aromatic nitrogens is 3. The van der Waals surface area contributed by atoms with Crippen LogP contribution < -0.4 is 0 Å². The third-order valence-corrected chi connectivity index (χ3v) is 3.42. The third kappa shape index (κ3) is 2.46. The summed E-state index contributed by atoms with van der Waals surface area (Å²) in [5, 5.41) is 4.89. The number of halogens is 1. The van der Waals surface area contributed by atoms with E-state index in [1.165, 1.54) is 0 Å². The largest absolute Gasteiger partial charge is 0.336 e. The normalized spacial score (nSPS) is 14.9. The molecule has 0 N–H and O–H groups in total. The van der Waals surface area contributed by atoms with Crippen LogP contribution in [0.1, 0.15) is 23.5 Å². The maximum Gasteiger partial charge on any atom is 0.293 e. The summed E-state index contributed by atoms with van der Waals surface area (Å²) in [6, 6.07) is 7.23. The lowest BCUT2D eigenvalue weighted by atomic mass is 10.3. The fraction of sp³-hybridized carbons (Fsp3) is 0.308. The van der Waals surface area contributed by atoms with Gasteiger partial charge in [-0.2, -0.15) is 0 Å². The Kier molecular flexibility index (Phi) is 3.21. The van der Waals surface area contributed by atoms with Crippen molar-refractivity contribution < 1.29 is 4.79 Å². The van der Waals surface area contributed by atoms with Gasteiger partial charge in [0.05, 0.1) is 5.69 Å². The van der Waals surface area contributed by atoms with E-state index in [1.54, 1.807) is 28.0 Å². The lowest BCUT2D eigenvalue weighted by molar-refractivity contribution is 0.0781. The van der Waals surface area contributed by atoms with E-state index in [4.69, 9.17) is 11.6 Å². The molecule has 1 saturated heterocycles. The van der Waals surface area contributed by atoms with Crippen molar-refractivity contribution in [3.8, 4) is 5.69 Å². The molecule has 19 heavy (non-hydrogen) atoms. The third-order valence-electron chi connectivity index (χ3n) is 3.17. The molecule has 0 saturated carbocycles. The van der Waals surface area contributed by atoms with Crippen molar-refractivity contribution in [3.05, 3.63) is 41.4 Å². The second-order valence-corrected chi connectivity index (χ2v) is 4.92. The summed E-state index contributed by atoms with van der Waals surface area (Å²) in [5.41, 5.74) is 0.831. The molecule has 0 aliphatic carbocycles. The number of rotatable bonds is 2. The summed E-state index contributed by atoms with van der Waals surface area (Å²) in [6.07, 6.45) is 3.67. The minimum atomic E-state index is -0.0924. The maximum atomic E-state index is 12.1. The minimum Gasteiger partial charge on any atom is -0.336 e. The van der Waals surface area contributed by atoms with Gasteiger partial charge < -0.3 is 4.90 Å². The van der Waals surface area contributed by atoms with E-state index >= 15 is 0 Å². The van der Waals surface area contributed by atoms with Gasteiger partial charge >= 0.3 is 0 Å². The lowest BCUT2D eigenvalue weighted by Gasteiger charge is -2.11. The van der Waals surface area contributed by atoms with Crippen molar-refractivity contribution in [2.24, 2.45) is 0 Å². The van der Waals surface area contributed by atoms with Crippen LogP contribution in [0.15, 0.2) is 30.6 Å². The topological polar surface area (TPSA) is 51.0 Å². The summed E-state index contributed by atoms with van der Waals surface area (Å²) in [6.45, 7) is 1.60. The standard InChI is InChI=1S/C13H13ClN4O/c14-10-3-5-11(6-4-10)18-9-15-12(16-18)13(19)17-7-1-2-8-17/h3-6,9H,1-2,7-8H2. The van der Waals surface area contributed by atoms with Crippen molar-refractivity contribution >= 4 is 17.5 Å². The predicted molar refractivity (Wildman–Crippen MR) is 71.5 cm³/mol. The first-order valence-corrected chi connectivity index (χ1v) is 6.59. The minimum absolute atomic E-state index is 0.0924. The van der Waals surface area contributed by atoms with Crippen molar-refractivity contribution in [2.75, 3.05) is 13.1 Å². The number of carbonyl (C=O) groups is 1. The van der Waals surface area contributed by atoms with Gasteiger partial charge in [0.2, 0.25) is 5.82 Å². The van der Waals surface area contributed by atoms with Crippen molar-refractivity contribution in [2.45, 2.75) is 12.8 Å². The Morgan fingerprint density at radius 1 is 1.16 bits per heavy atom. The molecule has 0 spiro atoms. The molecule has 1 fully saturated rings. The Bertz CT molecular complexity index is 587. The SMILES string of the molecule is O=C(c1ncn(-c2ccc(Cl)cc2)n1)N1CCCC1. The Morgan fingerprint density at radius 2 is 1.84 bits per heavy atom. The molecule has 0 atom stereocenters. The van der Waals surface area contributed by atoms with Crippen molar-refractivity contribution in [3.63, 3.8) is 0 Å². The number of hydrogen-bond acceptors (Lipinski definition) is 3. The van der Waals surface area contributed by atoms with Crippen LogP contribution in [0.5, 0.6) is 0 Å². The van der Waals surface area contributed by atoms with Crippen molar-refractivity contribution in [1.29, 1.82) is 0 Å². The molecule has 0 radical (unpaired) electrons. The fourth-order valence-electron chi connectivity index (χ4n) is 2.14. The Morgan fingerprint density at radius 3 is 2.53 bits per heavy atom. The summed E-state index contributed by atoms with van der Waals surface area (Å²) < 4.78 is 1.58. The van der Waals surface area contributed by atoms with E-state index in [1.807, 2.05) is 12.1 Å². The highest BCUT2D eigenvalue weighted by Gasteiger charge is 2.22. The summed E-state index contributed by atoms with van der Waals surface area (Å²) in [7, 11) is 0. The number of nitrogens with zero attached hydrogens (tertiary/aromatic N) is 4. The molecule has 3 rings (SSSR count). The zero-order valence-corrected chi connectivity index (χ0v) is 11.0. The molecular formula is C13H13ClN4O. The van der Waals surface area contributed by atoms with Crippen LogP contribution in [0.3, 0.4) is 0 Å². The summed E-state index contributed by atoms with van der Waals surface area (Å²) in [4.78, 5) is 18.0. The van der Waals surface area contributed by atoms with Gasteiger partial charge in [-0.1, -0.05) is 11.6 Å². The zero-order chi connectivity index (χ0) is 13.2. The van der Waals surface area contributed by atoms with Crippen LogP contribution in [0.2, 0.25) is 5.02 Å². The smallest absolute Gasteiger partial charge is 0.293 e. The molecule has 5 nitrogen and oxygen atoms in total. The molecule has 1 aromatic carbocycles. The number of likely N-dealkylation sites (tertiary alicyclic amines) is 1. The van der Waals surface area contributed by atoms with E-state index in [0.29, 0.717) is 5.02 Å². The molecule has 0 bridgehead atoms. The number of benzene rings is 1. The molecule has 98 valence electrons. The molecule has 1 aromatic heterocycles. The van der Waals surface area contributed by atoms with Crippen LogP contribution in [-0.4, -0.2) is 38.7 Å². The predicted octanol–water partition coefficient (Wildman–Crippen LogP) is 2.16. The average molecular weight is 277 g/mol. The molecule has 1 amide bonds. The average Bonchev–Trinajstić information content (AvgIpc) is 3.10. The van der Waals surface area contributed by atoms with E-state index < -0.39 is 0 Å². The van der Waals surface area contributed by atoms with E-state index in [9.17, 15) is 4.79 Å². The fourth-order valence-corrected chi connectivity index (χ4v) is 2.27. The highest BCUT2D eigenvalue weighted by molar-refractivity contribution is 6.30. The van der Waals surface area contributed by atoms with Crippen LogP contribution in [0.25, 0.3) is 5.69 Å². The molecule has 2 aromatic rings. The second kappa shape index (κ2) is 5.01. The number of carbonyl (C=O) groups excluding carboxylic acids is 1. The van der Waals surface area contributed by atoms with Crippen LogP contribution >= 0.6 is 11.6 Å². The molecule has 1 aliphatic heterocycles. The van der Waals surface area contributed by atoms with Gasteiger partial charge in [0.1, 0.15) is 6.33 Å². The van der Waals surface area contributed by atoms with E-state index in [0.717, 1.165) is 31.6 Å². The first-order chi connectivity index (χ1) is 9.24. The molecule has 1 aliphatic rings. The van der Waals surface area contributed by atoms with E-state index in [2.05, 4.69) is 10.1 Å². The van der Waals surface area contributed by atoms with Gasteiger partial charge in [-0.05, 0) is 37.1 Å². The number of amides is 1. The van der Waals surface area contributed by atoms with E-state index in [-0.39, 0.29) is 11.7 Å². The van der Waals surface area contributed by atoms with Crippen LogP contribution in [0, 0.1) is 0 Å².